The van der Waals surface area contributed by atoms with Gasteiger partial charge in [-0.05, 0) is 38.5 Å². The van der Waals surface area contributed by atoms with E-state index < -0.39 is 75.7 Å². The molecular formula is C36H67O13P. The molecule has 1 aliphatic carbocycles. The lowest BCUT2D eigenvalue weighted by Crippen LogP contribution is -2.64. The summed E-state index contributed by atoms with van der Waals surface area (Å²) in [6.45, 7) is 3.17. The van der Waals surface area contributed by atoms with Crippen molar-refractivity contribution in [3.63, 3.8) is 0 Å². The lowest BCUT2D eigenvalue weighted by molar-refractivity contribution is -0.220. The van der Waals surface area contributed by atoms with Crippen molar-refractivity contribution in [1.29, 1.82) is 0 Å². The lowest BCUT2D eigenvalue weighted by Gasteiger charge is -2.41. The minimum Gasteiger partial charge on any atom is -0.462 e. The van der Waals surface area contributed by atoms with E-state index >= 15 is 0 Å². The van der Waals surface area contributed by atoms with Crippen LogP contribution >= 0.6 is 7.82 Å². The van der Waals surface area contributed by atoms with Gasteiger partial charge in [-0.15, -0.1) is 0 Å². The Morgan fingerprint density at radius 3 is 1.52 bits per heavy atom. The Morgan fingerprint density at radius 2 is 1.02 bits per heavy atom. The third-order valence-electron chi connectivity index (χ3n) is 8.86. The summed E-state index contributed by atoms with van der Waals surface area (Å²) in [6, 6.07) is 0. The second-order valence-electron chi connectivity index (χ2n) is 13.4. The highest BCUT2D eigenvalue weighted by Gasteiger charge is 2.51. The monoisotopic (exact) mass is 738 g/mol. The molecule has 6 atom stereocenters. The highest BCUT2D eigenvalue weighted by Crippen LogP contribution is 2.47. The van der Waals surface area contributed by atoms with Crippen molar-refractivity contribution in [2.24, 2.45) is 0 Å². The van der Waals surface area contributed by atoms with E-state index in [0.717, 1.165) is 70.6 Å². The summed E-state index contributed by atoms with van der Waals surface area (Å²) >= 11 is 0. The van der Waals surface area contributed by atoms with Crippen LogP contribution in [0.3, 0.4) is 0 Å². The van der Waals surface area contributed by atoms with Gasteiger partial charge in [0.15, 0.2) is 6.10 Å². The number of rotatable bonds is 30. The SMILES string of the molecule is CCCCCCCC/C=C\CCCCCCCC(=O)OC(COC(=O)CCCCCCCC)COP(=O)(O)OC1C(O)C(O)C(O)C(O)C1O. The first-order chi connectivity index (χ1) is 23.9. The molecular weight excluding hydrogens is 671 g/mol. The number of phosphoric ester groups is 1. The predicted molar refractivity (Wildman–Crippen MR) is 189 cm³/mol. The number of hydrogen-bond acceptors (Lipinski definition) is 12. The van der Waals surface area contributed by atoms with Gasteiger partial charge in [-0.1, -0.05) is 109 Å². The molecule has 1 fully saturated rings. The van der Waals surface area contributed by atoms with Gasteiger partial charge in [-0.25, -0.2) is 4.57 Å². The van der Waals surface area contributed by atoms with Gasteiger partial charge in [0.05, 0.1) is 6.61 Å². The number of unbranched alkanes of at least 4 members (excludes halogenated alkanes) is 16. The fourth-order valence-electron chi connectivity index (χ4n) is 5.69. The quantitative estimate of drug-likeness (QED) is 0.0231. The number of aliphatic hydroxyl groups is 5. The molecule has 6 N–H and O–H groups in total. The van der Waals surface area contributed by atoms with E-state index in [-0.39, 0.29) is 12.8 Å². The number of aliphatic hydroxyl groups excluding tert-OH is 5. The Bertz CT molecular complexity index is 948. The number of hydrogen-bond donors (Lipinski definition) is 6. The number of esters is 2. The van der Waals surface area contributed by atoms with E-state index in [1.165, 1.54) is 38.5 Å². The van der Waals surface area contributed by atoms with Crippen molar-refractivity contribution in [3.8, 4) is 0 Å². The maximum atomic E-state index is 12.7. The van der Waals surface area contributed by atoms with Crippen LogP contribution in [0.2, 0.25) is 0 Å². The van der Waals surface area contributed by atoms with Gasteiger partial charge >= 0.3 is 19.8 Å². The molecule has 13 nitrogen and oxygen atoms in total. The third kappa shape index (κ3) is 21.2. The van der Waals surface area contributed by atoms with Crippen molar-refractivity contribution < 1.29 is 63.1 Å². The average molecular weight is 739 g/mol. The van der Waals surface area contributed by atoms with E-state index in [1.54, 1.807) is 0 Å². The zero-order valence-electron chi connectivity index (χ0n) is 30.4. The first kappa shape index (κ1) is 46.6. The fraction of sp³-hybridized carbons (Fsp3) is 0.889. The van der Waals surface area contributed by atoms with Crippen LogP contribution < -0.4 is 0 Å². The topological polar surface area (TPSA) is 210 Å². The van der Waals surface area contributed by atoms with Gasteiger partial charge in [-0.2, -0.15) is 0 Å². The van der Waals surface area contributed by atoms with Crippen molar-refractivity contribution in [2.75, 3.05) is 13.2 Å². The predicted octanol–water partition coefficient (Wildman–Crippen LogP) is 5.55. The van der Waals surface area contributed by atoms with Crippen LogP contribution in [0.1, 0.15) is 149 Å². The van der Waals surface area contributed by atoms with Crippen LogP contribution in [0.25, 0.3) is 0 Å². The first-order valence-corrected chi connectivity index (χ1v) is 20.5. The van der Waals surface area contributed by atoms with Crippen LogP contribution in [-0.2, 0) is 32.7 Å². The Labute approximate surface area is 299 Å². The molecule has 50 heavy (non-hydrogen) atoms. The van der Waals surface area contributed by atoms with E-state index in [1.807, 2.05) is 0 Å². The van der Waals surface area contributed by atoms with E-state index in [4.69, 9.17) is 18.5 Å². The molecule has 0 aromatic carbocycles. The Morgan fingerprint density at radius 1 is 0.600 bits per heavy atom. The Hall–Kier alpha value is -1.41. The van der Waals surface area contributed by atoms with Crippen LogP contribution in [0.5, 0.6) is 0 Å². The molecule has 0 radical (unpaired) electrons. The van der Waals surface area contributed by atoms with Gasteiger partial charge in [-0.3, -0.25) is 18.6 Å². The number of ether oxygens (including phenoxy) is 2. The molecule has 0 aliphatic heterocycles. The van der Waals surface area contributed by atoms with Gasteiger partial charge in [0, 0.05) is 12.8 Å². The lowest BCUT2D eigenvalue weighted by atomic mass is 9.85. The van der Waals surface area contributed by atoms with Crippen molar-refractivity contribution in [1.82, 2.24) is 0 Å². The zero-order valence-corrected chi connectivity index (χ0v) is 31.3. The van der Waals surface area contributed by atoms with Gasteiger partial charge < -0.3 is 39.9 Å². The summed E-state index contributed by atoms with van der Waals surface area (Å²) in [5.74, 6) is -1.12. The molecule has 14 heteroatoms. The van der Waals surface area contributed by atoms with E-state index in [9.17, 15) is 44.6 Å². The summed E-state index contributed by atoms with van der Waals surface area (Å²) in [5.41, 5.74) is 0. The normalized spacial score (nSPS) is 24.2. The number of phosphoric acid groups is 1. The fourth-order valence-corrected chi connectivity index (χ4v) is 6.66. The molecule has 6 unspecified atom stereocenters. The number of allylic oxidation sites excluding steroid dienone is 2. The smallest absolute Gasteiger partial charge is 0.462 e. The molecule has 0 saturated heterocycles. The minimum absolute atomic E-state index is 0.0895. The molecule has 0 spiro atoms. The van der Waals surface area contributed by atoms with E-state index in [0.29, 0.717) is 12.8 Å². The average Bonchev–Trinajstić information content (AvgIpc) is 3.09. The first-order valence-electron chi connectivity index (χ1n) is 19.0. The van der Waals surface area contributed by atoms with Crippen LogP contribution in [0.4, 0.5) is 0 Å². The van der Waals surface area contributed by atoms with Gasteiger partial charge in [0.25, 0.3) is 0 Å². The number of carbonyl (C=O) groups excluding carboxylic acids is 2. The molecule has 0 aromatic rings. The Balaban J connectivity index is 2.51. The maximum absolute atomic E-state index is 12.7. The Kier molecular flexibility index (Phi) is 26.2. The zero-order chi connectivity index (χ0) is 37.2. The highest BCUT2D eigenvalue weighted by molar-refractivity contribution is 7.47. The summed E-state index contributed by atoms with van der Waals surface area (Å²) in [6.07, 6.45) is 11.9. The third-order valence-corrected chi connectivity index (χ3v) is 9.84. The molecule has 0 amide bonds. The summed E-state index contributed by atoms with van der Waals surface area (Å²) in [7, 11) is -5.10. The summed E-state index contributed by atoms with van der Waals surface area (Å²) in [5, 5.41) is 49.8. The largest absolute Gasteiger partial charge is 0.472 e. The van der Waals surface area contributed by atoms with Gasteiger partial charge in [0.1, 0.15) is 43.2 Å². The molecule has 294 valence electrons. The highest BCUT2D eigenvalue weighted by atomic mass is 31.2. The number of carbonyl (C=O) groups is 2. The van der Waals surface area contributed by atoms with Crippen LogP contribution in [0, 0.1) is 0 Å². The van der Waals surface area contributed by atoms with Crippen LogP contribution in [0.15, 0.2) is 12.2 Å². The van der Waals surface area contributed by atoms with Crippen molar-refractivity contribution in [2.45, 2.75) is 191 Å². The molecule has 1 saturated carbocycles. The standard InChI is InChI=1S/C36H67O13P/c1-3-5-7-9-11-12-13-14-15-16-17-18-19-21-23-25-30(38)48-28(26-46-29(37)24-22-20-10-8-6-4-2)27-47-50(44,45)49-36-34(42)32(40)31(39)33(41)35(36)43/h14-15,28,31-36,39-43H,3-13,16-27H2,1-2H3,(H,44,45)/b15-14-. The molecule has 0 bridgehead atoms. The summed E-state index contributed by atoms with van der Waals surface area (Å²) < 4.78 is 33.2. The minimum atomic E-state index is -5.10. The molecule has 0 aromatic heterocycles. The van der Waals surface area contributed by atoms with Crippen LogP contribution in [-0.4, -0.2) is 98.3 Å². The second kappa shape index (κ2) is 28.1. The maximum Gasteiger partial charge on any atom is 0.472 e. The van der Waals surface area contributed by atoms with Crippen molar-refractivity contribution in [3.05, 3.63) is 12.2 Å². The van der Waals surface area contributed by atoms with Gasteiger partial charge in [0.2, 0.25) is 0 Å². The molecule has 0 heterocycles. The van der Waals surface area contributed by atoms with Crippen molar-refractivity contribution >= 4 is 19.8 Å². The van der Waals surface area contributed by atoms with E-state index in [2.05, 4.69) is 26.0 Å². The molecule has 1 rings (SSSR count). The summed E-state index contributed by atoms with van der Waals surface area (Å²) in [4.78, 5) is 35.2. The second-order valence-corrected chi connectivity index (χ2v) is 14.8. The molecule has 1 aliphatic rings.